The lowest BCUT2D eigenvalue weighted by atomic mass is 10.2. The number of amides is 1. The molecule has 1 aliphatic carbocycles. The highest BCUT2D eigenvalue weighted by Crippen LogP contribution is 2.38. The van der Waals surface area contributed by atoms with Gasteiger partial charge in [0.2, 0.25) is 0 Å². The molecule has 0 radical (unpaired) electrons. The van der Waals surface area contributed by atoms with Crippen molar-refractivity contribution in [3.8, 4) is 0 Å². The lowest BCUT2D eigenvalue weighted by molar-refractivity contribution is 0.0951. The van der Waals surface area contributed by atoms with Crippen LogP contribution in [0.3, 0.4) is 0 Å². The minimum absolute atomic E-state index is 0.0920. The summed E-state index contributed by atoms with van der Waals surface area (Å²) in [7, 11) is 0. The minimum Gasteiger partial charge on any atom is -0.351 e. The van der Waals surface area contributed by atoms with Gasteiger partial charge < -0.3 is 5.32 Å². The molecule has 4 heteroatoms. The first-order valence-electron chi connectivity index (χ1n) is 4.64. The fourth-order valence-corrected chi connectivity index (χ4v) is 1.31. The van der Waals surface area contributed by atoms with Gasteiger partial charge in [-0.1, -0.05) is 0 Å². The average Bonchev–Trinajstić information content (AvgIpc) is 2.84. The molecule has 2 rings (SSSR count). The summed E-state index contributed by atoms with van der Waals surface area (Å²) in [4.78, 5) is 11.3. The Morgan fingerprint density at radius 1 is 1.77 bits per heavy atom. The number of H-pyrrole nitrogens is 1. The Balaban J connectivity index is 2.07. The van der Waals surface area contributed by atoms with Gasteiger partial charge in [0.25, 0.3) is 5.91 Å². The van der Waals surface area contributed by atoms with Crippen molar-refractivity contribution in [3.05, 3.63) is 17.5 Å². The van der Waals surface area contributed by atoms with E-state index in [-0.39, 0.29) is 5.91 Å². The van der Waals surface area contributed by atoms with Gasteiger partial charge in [-0.15, -0.1) is 0 Å². The van der Waals surface area contributed by atoms with E-state index in [1.54, 1.807) is 0 Å². The molecular formula is C9H13N3O. The van der Waals surface area contributed by atoms with Crippen molar-refractivity contribution in [2.45, 2.75) is 25.7 Å². The van der Waals surface area contributed by atoms with Crippen molar-refractivity contribution < 1.29 is 4.79 Å². The fraction of sp³-hybridized carbons (Fsp3) is 0.556. The van der Waals surface area contributed by atoms with Crippen LogP contribution in [0.15, 0.2) is 6.07 Å². The van der Waals surface area contributed by atoms with Gasteiger partial charge in [-0.3, -0.25) is 9.89 Å². The van der Waals surface area contributed by atoms with E-state index in [2.05, 4.69) is 15.5 Å². The molecule has 1 aromatic rings. The van der Waals surface area contributed by atoms with Crippen LogP contribution in [0.1, 0.15) is 41.9 Å². The molecule has 13 heavy (non-hydrogen) atoms. The number of aromatic nitrogens is 2. The molecule has 4 nitrogen and oxygen atoms in total. The van der Waals surface area contributed by atoms with Crippen LogP contribution in [-0.4, -0.2) is 22.6 Å². The molecule has 1 heterocycles. The molecule has 0 bridgehead atoms. The van der Waals surface area contributed by atoms with Crippen LogP contribution in [0.4, 0.5) is 0 Å². The Labute approximate surface area is 76.7 Å². The van der Waals surface area contributed by atoms with Crippen LogP contribution < -0.4 is 5.32 Å². The molecule has 1 fully saturated rings. The standard InChI is InChI=1S/C9H13N3O/c1-2-10-9(13)8-5-7(11-12-8)6-3-4-6/h5-6H,2-4H2,1H3,(H,10,13)(H,11,12). The third-order valence-corrected chi connectivity index (χ3v) is 2.18. The van der Waals surface area contributed by atoms with E-state index in [4.69, 9.17) is 0 Å². The Bertz CT molecular complexity index is 314. The number of hydrogen-bond acceptors (Lipinski definition) is 2. The molecule has 0 atom stereocenters. The molecule has 1 saturated carbocycles. The van der Waals surface area contributed by atoms with Crippen molar-refractivity contribution in [3.63, 3.8) is 0 Å². The molecule has 0 aliphatic heterocycles. The molecule has 0 spiro atoms. The van der Waals surface area contributed by atoms with Crippen LogP contribution in [0.2, 0.25) is 0 Å². The Hall–Kier alpha value is -1.32. The summed E-state index contributed by atoms with van der Waals surface area (Å²) in [6.45, 7) is 2.54. The summed E-state index contributed by atoms with van der Waals surface area (Å²) in [5.41, 5.74) is 1.60. The normalized spacial score (nSPS) is 15.8. The molecule has 1 aliphatic rings. The van der Waals surface area contributed by atoms with Crippen LogP contribution >= 0.6 is 0 Å². The smallest absolute Gasteiger partial charge is 0.271 e. The van der Waals surface area contributed by atoms with Gasteiger partial charge in [-0.25, -0.2) is 0 Å². The van der Waals surface area contributed by atoms with Crippen molar-refractivity contribution in [1.82, 2.24) is 15.5 Å². The first-order chi connectivity index (χ1) is 6.31. The van der Waals surface area contributed by atoms with Crippen LogP contribution in [-0.2, 0) is 0 Å². The molecule has 70 valence electrons. The zero-order valence-corrected chi connectivity index (χ0v) is 7.63. The van der Waals surface area contributed by atoms with E-state index in [0.29, 0.717) is 18.2 Å². The maximum Gasteiger partial charge on any atom is 0.271 e. The summed E-state index contributed by atoms with van der Waals surface area (Å²) < 4.78 is 0. The van der Waals surface area contributed by atoms with E-state index in [9.17, 15) is 4.79 Å². The average molecular weight is 179 g/mol. The van der Waals surface area contributed by atoms with Crippen molar-refractivity contribution in [2.75, 3.05) is 6.54 Å². The lowest BCUT2D eigenvalue weighted by Crippen LogP contribution is -2.22. The third-order valence-electron chi connectivity index (χ3n) is 2.18. The second-order valence-electron chi connectivity index (χ2n) is 3.34. The number of rotatable bonds is 3. The van der Waals surface area contributed by atoms with E-state index in [1.807, 2.05) is 13.0 Å². The lowest BCUT2D eigenvalue weighted by Gasteiger charge is -1.95. The van der Waals surface area contributed by atoms with Gasteiger partial charge in [0, 0.05) is 18.2 Å². The highest BCUT2D eigenvalue weighted by Gasteiger charge is 2.26. The second kappa shape index (κ2) is 3.20. The molecule has 1 aromatic heterocycles. The molecule has 2 N–H and O–H groups in total. The summed E-state index contributed by atoms with van der Waals surface area (Å²) in [5.74, 6) is 0.529. The maximum absolute atomic E-state index is 11.3. The predicted octanol–water partition coefficient (Wildman–Crippen LogP) is 1.04. The van der Waals surface area contributed by atoms with Crippen molar-refractivity contribution in [1.29, 1.82) is 0 Å². The van der Waals surface area contributed by atoms with Crippen LogP contribution in [0.25, 0.3) is 0 Å². The van der Waals surface area contributed by atoms with Gasteiger partial charge in [0.1, 0.15) is 5.69 Å². The van der Waals surface area contributed by atoms with Gasteiger partial charge in [-0.05, 0) is 25.8 Å². The van der Waals surface area contributed by atoms with Crippen LogP contribution in [0, 0.1) is 0 Å². The van der Waals surface area contributed by atoms with Crippen molar-refractivity contribution >= 4 is 5.91 Å². The maximum atomic E-state index is 11.3. The quantitative estimate of drug-likeness (QED) is 0.728. The SMILES string of the molecule is CCNC(=O)c1cc(C2CC2)[nH]n1. The summed E-state index contributed by atoms with van der Waals surface area (Å²) >= 11 is 0. The Kier molecular flexibility index (Phi) is 2.04. The number of carbonyl (C=O) groups is 1. The monoisotopic (exact) mass is 179 g/mol. The molecular weight excluding hydrogens is 166 g/mol. The minimum atomic E-state index is -0.0920. The van der Waals surface area contributed by atoms with E-state index in [1.165, 1.54) is 12.8 Å². The molecule has 0 saturated heterocycles. The molecule has 0 unspecified atom stereocenters. The summed E-state index contributed by atoms with van der Waals surface area (Å²) in [5, 5.41) is 9.57. The van der Waals surface area contributed by atoms with E-state index >= 15 is 0 Å². The van der Waals surface area contributed by atoms with Crippen molar-refractivity contribution in [2.24, 2.45) is 0 Å². The Morgan fingerprint density at radius 2 is 2.54 bits per heavy atom. The number of nitrogens with one attached hydrogen (secondary N) is 2. The number of nitrogens with zero attached hydrogens (tertiary/aromatic N) is 1. The zero-order chi connectivity index (χ0) is 9.26. The Morgan fingerprint density at radius 3 is 3.15 bits per heavy atom. The fourth-order valence-electron chi connectivity index (χ4n) is 1.31. The first kappa shape index (κ1) is 8.29. The largest absolute Gasteiger partial charge is 0.351 e. The zero-order valence-electron chi connectivity index (χ0n) is 7.63. The van der Waals surface area contributed by atoms with E-state index < -0.39 is 0 Å². The predicted molar refractivity (Wildman–Crippen MR) is 48.6 cm³/mol. The summed E-state index contributed by atoms with van der Waals surface area (Å²) in [6.07, 6.45) is 2.44. The topological polar surface area (TPSA) is 57.8 Å². The van der Waals surface area contributed by atoms with Gasteiger partial charge in [0.15, 0.2) is 0 Å². The first-order valence-corrected chi connectivity index (χ1v) is 4.64. The highest BCUT2D eigenvalue weighted by molar-refractivity contribution is 5.92. The summed E-state index contributed by atoms with van der Waals surface area (Å²) in [6, 6.07) is 1.85. The number of hydrogen-bond donors (Lipinski definition) is 2. The second-order valence-corrected chi connectivity index (χ2v) is 3.34. The van der Waals surface area contributed by atoms with E-state index in [0.717, 1.165) is 5.69 Å². The molecule has 1 amide bonds. The van der Waals surface area contributed by atoms with Gasteiger partial charge in [-0.2, -0.15) is 5.10 Å². The number of carbonyl (C=O) groups excluding carboxylic acids is 1. The third kappa shape index (κ3) is 1.71. The number of aromatic amines is 1. The van der Waals surface area contributed by atoms with Crippen LogP contribution in [0.5, 0.6) is 0 Å². The van der Waals surface area contributed by atoms with Gasteiger partial charge >= 0.3 is 0 Å². The van der Waals surface area contributed by atoms with Gasteiger partial charge in [0.05, 0.1) is 0 Å². The molecule has 0 aromatic carbocycles. The highest BCUT2D eigenvalue weighted by atomic mass is 16.1.